The molecule has 0 aliphatic rings. The van der Waals surface area contributed by atoms with Crippen molar-refractivity contribution < 1.29 is 4.42 Å². The van der Waals surface area contributed by atoms with Gasteiger partial charge in [0.2, 0.25) is 0 Å². The number of rotatable bonds is 4. The molecule has 1 atom stereocenters. The molecule has 2 aromatic rings. The number of benzene rings is 1. The van der Waals surface area contributed by atoms with E-state index in [2.05, 4.69) is 32.2 Å². The third kappa shape index (κ3) is 2.55. The molecule has 0 aliphatic heterocycles. The van der Waals surface area contributed by atoms with E-state index in [4.69, 9.17) is 16.0 Å². The second kappa shape index (κ2) is 5.33. The van der Waals surface area contributed by atoms with Crippen LogP contribution in [0.5, 0.6) is 0 Å². The van der Waals surface area contributed by atoms with Crippen molar-refractivity contribution in [1.82, 2.24) is 5.32 Å². The smallest absolute Gasteiger partial charge is 0.137 e. The van der Waals surface area contributed by atoms with E-state index in [1.165, 1.54) is 0 Å². The average Bonchev–Trinajstić information content (AvgIpc) is 2.68. The second-order valence-corrected chi connectivity index (χ2v) is 5.51. The summed E-state index contributed by atoms with van der Waals surface area (Å²) in [7, 11) is 0. The summed E-state index contributed by atoms with van der Waals surface area (Å²) in [5, 5.41) is 5.31. The Labute approximate surface area is 113 Å². The Morgan fingerprint density at radius 2 is 2.00 bits per heavy atom. The van der Waals surface area contributed by atoms with Crippen LogP contribution in [-0.2, 0) is 0 Å². The molecule has 0 aliphatic carbocycles. The quantitative estimate of drug-likeness (QED) is 0.867. The maximum atomic E-state index is 6.08. The Bertz CT molecular complexity index is 545. The summed E-state index contributed by atoms with van der Waals surface area (Å²) in [6.45, 7) is 9.46. The van der Waals surface area contributed by atoms with E-state index in [1.54, 1.807) is 0 Å². The Morgan fingerprint density at radius 3 is 2.61 bits per heavy atom. The molecule has 2 rings (SSSR count). The van der Waals surface area contributed by atoms with Crippen molar-refractivity contribution in [2.75, 3.05) is 6.54 Å². The van der Waals surface area contributed by atoms with Crippen LogP contribution >= 0.6 is 11.6 Å². The lowest BCUT2D eigenvalue weighted by Crippen LogP contribution is -2.24. The minimum atomic E-state index is 0.251. The van der Waals surface area contributed by atoms with Gasteiger partial charge in [-0.25, -0.2) is 0 Å². The monoisotopic (exact) mass is 265 g/mol. The summed E-state index contributed by atoms with van der Waals surface area (Å²) in [6, 6.07) is 6.25. The van der Waals surface area contributed by atoms with Gasteiger partial charge in [0.05, 0.1) is 6.04 Å². The van der Waals surface area contributed by atoms with Crippen LogP contribution in [0.15, 0.2) is 22.6 Å². The number of halogens is 1. The van der Waals surface area contributed by atoms with Gasteiger partial charge in [-0.3, -0.25) is 0 Å². The Morgan fingerprint density at radius 1 is 1.28 bits per heavy atom. The molecule has 0 radical (unpaired) electrons. The first kappa shape index (κ1) is 13.4. The lowest BCUT2D eigenvalue weighted by Gasteiger charge is -2.19. The zero-order valence-corrected chi connectivity index (χ0v) is 12.1. The van der Waals surface area contributed by atoms with Crippen molar-refractivity contribution in [3.63, 3.8) is 0 Å². The molecular formula is C15H20ClNO. The van der Waals surface area contributed by atoms with Gasteiger partial charge in [0.25, 0.3) is 0 Å². The van der Waals surface area contributed by atoms with Crippen LogP contribution in [0.2, 0.25) is 5.02 Å². The lowest BCUT2D eigenvalue weighted by molar-refractivity contribution is 0.356. The van der Waals surface area contributed by atoms with Crippen molar-refractivity contribution in [1.29, 1.82) is 0 Å². The molecule has 1 aromatic carbocycles. The van der Waals surface area contributed by atoms with E-state index in [9.17, 15) is 0 Å². The molecule has 98 valence electrons. The van der Waals surface area contributed by atoms with Crippen molar-refractivity contribution >= 4 is 22.6 Å². The van der Waals surface area contributed by atoms with Gasteiger partial charge in [-0.05, 0) is 43.1 Å². The number of fused-ring (bicyclic) bond motifs is 1. The first-order chi connectivity index (χ1) is 8.52. The molecule has 2 nitrogen and oxygen atoms in total. The number of furan rings is 1. The highest BCUT2D eigenvalue weighted by atomic mass is 35.5. The maximum absolute atomic E-state index is 6.08. The minimum absolute atomic E-state index is 0.251. The van der Waals surface area contributed by atoms with Crippen molar-refractivity contribution in [3.05, 3.63) is 34.5 Å². The van der Waals surface area contributed by atoms with Crippen LogP contribution in [0.4, 0.5) is 0 Å². The SMILES string of the molecule is CCNC(c1cc2cc(Cl)cc(C)c2o1)C(C)C. The van der Waals surface area contributed by atoms with E-state index in [0.717, 1.165) is 33.9 Å². The standard InChI is InChI=1S/C15H20ClNO/c1-5-17-14(9(2)3)13-8-11-7-12(16)6-10(4)15(11)18-13/h6-9,14,17H,5H2,1-4H3. The fourth-order valence-corrected chi connectivity index (χ4v) is 2.62. The fraction of sp³-hybridized carbons (Fsp3) is 0.467. The van der Waals surface area contributed by atoms with Crippen molar-refractivity contribution in [2.45, 2.75) is 33.7 Å². The average molecular weight is 266 g/mol. The highest BCUT2D eigenvalue weighted by Crippen LogP contribution is 2.31. The van der Waals surface area contributed by atoms with Gasteiger partial charge in [0, 0.05) is 10.4 Å². The summed E-state index contributed by atoms with van der Waals surface area (Å²) in [5.41, 5.74) is 2.03. The van der Waals surface area contributed by atoms with E-state index >= 15 is 0 Å². The normalized spacial score (nSPS) is 13.4. The predicted octanol–water partition coefficient (Wildman–Crippen LogP) is 4.70. The fourth-order valence-electron chi connectivity index (χ4n) is 2.34. The molecule has 0 bridgehead atoms. The summed E-state index contributed by atoms with van der Waals surface area (Å²) in [6.07, 6.45) is 0. The van der Waals surface area contributed by atoms with E-state index < -0.39 is 0 Å². The highest BCUT2D eigenvalue weighted by molar-refractivity contribution is 6.31. The van der Waals surface area contributed by atoms with Gasteiger partial charge in [0.1, 0.15) is 11.3 Å². The van der Waals surface area contributed by atoms with Crippen LogP contribution < -0.4 is 5.32 Å². The van der Waals surface area contributed by atoms with Crippen LogP contribution in [0, 0.1) is 12.8 Å². The molecule has 0 fully saturated rings. The van der Waals surface area contributed by atoms with Crippen molar-refractivity contribution in [2.24, 2.45) is 5.92 Å². The van der Waals surface area contributed by atoms with Gasteiger partial charge in [-0.2, -0.15) is 0 Å². The molecule has 18 heavy (non-hydrogen) atoms. The Kier molecular flexibility index (Phi) is 3.98. The third-order valence-corrected chi connectivity index (χ3v) is 3.40. The van der Waals surface area contributed by atoms with Crippen LogP contribution in [0.3, 0.4) is 0 Å². The first-order valence-electron chi connectivity index (χ1n) is 6.46. The molecular weight excluding hydrogens is 246 g/mol. The summed E-state index contributed by atoms with van der Waals surface area (Å²) in [5.74, 6) is 1.48. The number of nitrogens with one attached hydrogen (secondary N) is 1. The minimum Gasteiger partial charge on any atom is -0.459 e. The van der Waals surface area contributed by atoms with Crippen molar-refractivity contribution in [3.8, 4) is 0 Å². The molecule has 0 saturated carbocycles. The molecule has 1 unspecified atom stereocenters. The van der Waals surface area contributed by atoms with E-state index in [-0.39, 0.29) is 6.04 Å². The predicted molar refractivity (Wildman–Crippen MR) is 77.2 cm³/mol. The molecule has 0 amide bonds. The topological polar surface area (TPSA) is 25.2 Å². The third-order valence-electron chi connectivity index (χ3n) is 3.18. The number of hydrogen-bond donors (Lipinski definition) is 1. The molecule has 0 spiro atoms. The van der Waals surface area contributed by atoms with E-state index in [1.807, 2.05) is 19.1 Å². The van der Waals surface area contributed by atoms with Crippen LogP contribution in [0.25, 0.3) is 11.0 Å². The molecule has 3 heteroatoms. The molecule has 1 aromatic heterocycles. The zero-order chi connectivity index (χ0) is 13.3. The number of hydrogen-bond acceptors (Lipinski definition) is 2. The summed E-state index contributed by atoms with van der Waals surface area (Å²) in [4.78, 5) is 0. The highest BCUT2D eigenvalue weighted by Gasteiger charge is 2.19. The largest absolute Gasteiger partial charge is 0.459 e. The zero-order valence-electron chi connectivity index (χ0n) is 11.4. The van der Waals surface area contributed by atoms with Crippen LogP contribution in [-0.4, -0.2) is 6.54 Å². The second-order valence-electron chi connectivity index (χ2n) is 5.07. The summed E-state index contributed by atoms with van der Waals surface area (Å²) < 4.78 is 6.01. The molecule has 0 saturated heterocycles. The summed E-state index contributed by atoms with van der Waals surface area (Å²) >= 11 is 6.08. The number of aryl methyl sites for hydroxylation is 1. The van der Waals surface area contributed by atoms with Gasteiger partial charge in [-0.15, -0.1) is 0 Å². The van der Waals surface area contributed by atoms with Gasteiger partial charge < -0.3 is 9.73 Å². The molecule has 1 N–H and O–H groups in total. The molecule has 1 heterocycles. The van der Waals surface area contributed by atoms with Crippen LogP contribution in [0.1, 0.15) is 38.1 Å². The van der Waals surface area contributed by atoms with Gasteiger partial charge >= 0.3 is 0 Å². The Hall–Kier alpha value is -0.990. The van der Waals surface area contributed by atoms with Gasteiger partial charge in [-0.1, -0.05) is 32.4 Å². The first-order valence-corrected chi connectivity index (χ1v) is 6.83. The lowest BCUT2D eigenvalue weighted by atomic mass is 10.0. The van der Waals surface area contributed by atoms with Gasteiger partial charge in [0.15, 0.2) is 0 Å². The Balaban J connectivity index is 2.48. The van der Waals surface area contributed by atoms with E-state index in [0.29, 0.717) is 5.92 Å². The maximum Gasteiger partial charge on any atom is 0.137 e.